The molecular weight excluding hydrogens is 254 g/mol. The molecule has 1 heterocycles. The third-order valence-electron chi connectivity index (χ3n) is 2.89. The average Bonchev–Trinajstić information content (AvgIpc) is 2.99. The van der Waals surface area contributed by atoms with E-state index in [2.05, 4.69) is 10.3 Å². The number of hydrogen-bond acceptors (Lipinski definition) is 4. The molecule has 20 heavy (non-hydrogen) atoms. The zero-order valence-electron chi connectivity index (χ0n) is 11.5. The highest BCUT2D eigenvalue weighted by Crippen LogP contribution is 2.08. The molecule has 0 fully saturated rings. The van der Waals surface area contributed by atoms with Gasteiger partial charge in [-0.1, -0.05) is 18.2 Å². The fourth-order valence-electron chi connectivity index (χ4n) is 1.84. The lowest BCUT2D eigenvalue weighted by molar-refractivity contribution is 0.106. The van der Waals surface area contributed by atoms with Gasteiger partial charge in [0.25, 0.3) is 0 Å². The van der Waals surface area contributed by atoms with Crippen LogP contribution in [-0.2, 0) is 6.54 Å². The van der Waals surface area contributed by atoms with E-state index in [-0.39, 0.29) is 0 Å². The third-order valence-corrected chi connectivity index (χ3v) is 2.89. The van der Waals surface area contributed by atoms with Gasteiger partial charge in [-0.3, -0.25) is 0 Å². The van der Waals surface area contributed by atoms with Gasteiger partial charge in [-0.15, -0.1) is 0 Å². The summed E-state index contributed by atoms with van der Waals surface area (Å²) < 4.78 is 7.52. The molecule has 0 amide bonds. The van der Waals surface area contributed by atoms with Crippen LogP contribution >= 0.6 is 0 Å². The van der Waals surface area contributed by atoms with Crippen LogP contribution < -0.4 is 10.1 Å². The minimum absolute atomic E-state index is 0.304. The van der Waals surface area contributed by atoms with Crippen molar-refractivity contribution in [3.05, 3.63) is 49.1 Å². The zero-order chi connectivity index (χ0) is 14.0. The minimum Gasteiger partial charge on any atom is -0.491 e. The van der Waals surface area contributed by atoms with Crippen LogP contribution in [0.15, 0.2) is 49.1 Å². The highest BCUT2D eigenvalue weighted by atomic mass is 16.5. The number of hydrogen-bond donors (Lipinski definition) is 2. The van der Waals surface area contributed by atoms with E-state index in [0.717, 1.165) is 25.3 Å². The quantitative estimate of drug-likeness (QED) is 0.677. The molecule has 5 heteroatoms. The van der Waals surface area contributed by atoms with Crippen molar-refractivity contribution in [2.24, 2.45) is 0 Å². The molecule has 0 spiro atoms. The van der Waals surface area contributed by atoms with Gasteiger partial charge in [0, 0.05) is 25.5 Å². The Bertz CT molecular complexity index is 459. The lowest BCUT2D eigenvalue weighted by Crippen LogP contribution is -2.32. The summed E-state index contributed by atoms with van der Waals surface area (Å²) in [6, 6.07) is 9.52. The molecule has 1 atom stereocenters. The maximum Gasteiger partial charge on any atom is 0.119 e. The second-order valence-corrected chi connectivity index (χ2v) is 4.64. The third kappa shape index (κ3) is 5.42. The van der Waals surface area contributed by atoms with Gasteiger partial charge >= 0.3 is 0 Å². The molecule has 0 aliphatic rings. The van der Waals surface area contributed by atoms with Crippen LogP contribution in [0.25, 0.3) is 0 Å². The summed E-state index contributed by atoms with van der Waals surface area (Å²) >= 11 is 0. The first-order chi connectivity index (χ1) is 9.84. The number of aliphatic hydroxyl groups excluding tert-OH is 1. The maximum absolute atomic E-state index is 9.79. The van der Waals surface area contributed by atoms with Crippen LogP contribution in [0.3, 0.4) is 0 Å². The Labute approximate surface area is 119 Å². The molecule has 2 N–H and O–H groups in total. The Morgan fingerprint density at radius 3 is 2.90 bits per heavy atom. The fourth-order valence-corrected chi connectivity index (χ4v) is 1.84. The SMILES string of the molecule is OC(CNCCCn1ccnc1)COc1ccccc1. The topological polar surface area (TPSA) is 59.3 Å². The molecule has 108 valence electrons. The first-order valence-electron chi connectivity index (χ1n) is 6.87. The zero-order valence-corrected chi connectivity index (χ0v) is 11.5. The number of aliphatic hydroxyl groups is 1. The van der Waals surface area contributed by atoms with Gasteiger partial charge in [-0.2, -0.15) is 0 Å². The van der Waals surface area contributed by atoms with Crippen LogP contribution in [0.1, 0.15) is 6.42 Å². The summed E-state index contributed by atoms with van der Waals surface area (Å²) in [5.41, 5.74) is 0. The highest BCUT2D eigenvalue weighted by Gasteiger charge is 2.04. The van der Waals surface area contributed by atoms with E-state index in [0.29, 0.717) is 13.2 Å². The first kappa shape index (κ1) is 14.6. The molecule has 2 aromatic rings. The van der Waals surface area contributed by atoms with Crippen LogP contribution in [-0.4, -0.2) is 40.5 Å². The number of para-hydroxylation sites is 1. The smallest absolute Gasteiger partial charge is 0.119 e. The minimum atomic E-state index is -0.497. The van der Waals surface area contributed by atoms with Crippen molar-refractivity contribution < 1.29 is 9.84 Å². The molecule has 2 rings (SSSR count). The van der Waals surface area contributed by atoms with Gasteiger partial charge in [0.15, 0.2) is 0 Å². The van der Waals surface area contributed by atoms with Crippen LogP contribution in [0, 0.1) is 0 Å². The molecule has 0 aliphatic carbocycles. The Hall–Kier alpha value is -1.85. The Morgan fingerprint density at radius 2 is 2.15 bits per heavy atom. The van der Waals surface area contributed by atoms with E-state index >= 15 is 0 Å². The van der Waals surface area contributed by atoms with Gasteiger partial charge < -0.3 is 19.7 Å². The van der Waals surface area contributed by atoms with Gasteiger partial charge in [0.2, 0.25) is 0 Å². The van der Waals surface area contributed by atoms with E-state index < -0.39 is 6.10 Å². The predicted octanol–water partition coefficient (Wildman–Crippen LogP) is 1.30. The molecule has 1 aromatic heterocycles. The predicted molar refractivity (Wildman–Crippen MR) is 77.7 cm³/mol. The largest absolute Gasteiger partial charge is 0.491 e. The number of rotatable bonds is 9. The lowest BCUT2D eigenvalue weighted by Gasteiger charge is -2.13. The summed E-state index contributed by atoms with van der Waals surface area (Å²) in [5.74, 6) is 0.784. The second kappa shape index (κ2) is 8.35. The summed E-state index contributed by atoms with van der Waals surface area (Å²) in [4.78, 5) is 3.99. The average molecular weight is 275 g/mol. The van der Waals surface area contributed by atoms with Gasteiger partial charge in [-0.25, -0.2) is 4.98 Å². The van der Waals surface area contributed by atoms with E-state index in [1.165, 1.54) is 0 Å². The van der Waals surface area contributed by atoms with Crippen molar-refractivity contribution in [2.45, 2.75) is 19.1 Å². The van der Waals surface area contributed by atoms with Crippen LogP contribution in [0.4, 0.5) is 0 Å². The van der Waals surface area contributed by atoms with Crippen molar-refractivity contribution in [1.29, 1.82) is 0 Å². The van der Waals surface area contributed by atoms with Crippen molar-refractivity contribution in [3.8, 4) is 5.75 Å². The number of benzene rings is 1. The second-order valence-electron chi connectivity index (χ2n) is 4.64. The normalized spacial score (nSPS) is 12.2. The van der Waals surface area contributed by atoms with Crippen molar-refractivity contribution in [1.82, 2.24) is 14.9 Å². The van der Waals surface area contributed by atoms with Gasteiger partial charge in [0.1, 0.15) is 18.5 Å². The van der Waals surface area contributed by atoms with E-state index in [9.17, 15) is 5.11 Å². The van der Waals surface area contributed by atoms with E-state index in [1.54, 1.807) is 6.20 Å². The van der Waals surface area contributed by atoms with Crippen LogP contribution in [0.2, 0.25) is 0 Å². The molecule has 1 aromatic carbocycles. The number of nitrogens with one attached hydrogen (secondary N) is 1. The van der Waals surface area contributed by atoms with Crippen molar-refractivity contribution >= 4 is 0 Å². The molecule has 0 saturated heterocycles. The Morgan fingerprint density at radius 1 is 1.30 bits per heavy atom. The number of aryl methyl sites for hydroxylation is 1. The molecule has 5 nitrogen and oxygen atoms in total. The molecule has 0 aliphatic heterocycles. The summed E-state index contributed by atoms with van der Waals surface area (Å²) in [6.07, 6.45) is 6.04. The molecule has 0 saturated carbocycles. The standard InChI is InChI=1S/C15H21N3O2/c19-14(12-20-15-5-2-1-3-6-15)11-16-7-4-9-18-10-8-17-13-18/h1-3,5-6,8,10,13-14,16,19H,4,7,9,11-12H2. The maximum atomic E-state index is 9.79. The number of nitrogens with zero attached hydrogens (tertiary/aromatic N) is 2. The van der Waals surface area contributed by atoms with Crippen molar-refractivity contribution in [3.63, 3.8) is 0 Å². The molecular formula is C15H21N3O2. The lowest BCUT2D eigenvalue weighted by atomic mass is 10.3. The summed E-state index contributed by atoms with van der Waals surface area (Å²) in [5, 5.41) is 13.0. The fraction of sp³-hybridized carbons (Fsp3) is 0.400. The van der Waals surface area contributed by atoms with E-state index in [4.69, 9.17) is 4.74 Å². The van der Waals surface area contributed by atoms with Crippen molar-refractivity contribution in [2.75, 3.05) is 19.7 Å². The molecule has 0 bridgehead atoms. The van der Waals surface area contributed by atoms with Crippen LogP contribution in [0.5, 0.6) is 5.75 Å². The molecule has 1 unspecified atom stereocenters. The van der Waals surface area contributed by atoms with E-state index in [1.807, 2.05) is 47.4 Å². The number of imidazole rings is 1. The Kier molecular flexibility index (Phi) is 6.07. The summed E-state index contributed by atoms with van der Waals surface area (Å²) in [6.45, 7) is 2.64. The number of ether oxygens (including phenoxy) is 1. The monoisotopic (exact) mass is 275 g/mol. The number of aromatic nitrogens is 2. The highest BCUT2D eigenvalue weighted by molar-refractivity contribution is 5.20. The first-order valence-corrected chi connectivity index (χ1v) is 6.87. The van der Waals surface area contributed by atoms with Gasteiger partial charge in [0.05, 0.1) is 6.33 Å². The van der Waals surface area contributed by atoms with Gasteiger partial charge in [-0.05, 0) is 25.1 Å². The Balaban J connectivity index is 1.51. The molecule has 0 radical (unpaired) electrons. The summed E-state index contributed by atoms with van der Waals surface area (Å²) in [7, 11) is 0.